The number of halogens is 3. The standard InChI is InChI=1S/C14H11BrClFO/c15-12-4-2-1-3-9(12)7-14(18)11-6-5-10(16)8-13(11)17/h1-6,8,14,18H,7H2. The number of hydrogen-bond acceptors (Lipinski definition) is 1. The summed E-state index contributed by atoms with van der Waals surface area (Å²) in [6.07, 6.45) is -0.541. The number of hydrogen-bond donors (Lipinski definition) is 1. The minimum absolute atomic E-state index is 0.259. The summed E-state index contributed by atoms with van der Waals surface area (Å²) >= 11 is 9.08. The van der Waals surface area contributed by atoms with Crippen LogP contribution in [-0.4, -0.2) is 5.11 Å². The van der Waals surface area contributed by atoms with Gasteiger partial charge in [0.1, 0.15) is 5.82 Å². The number of aliphatic hydroxyl groups is 1. The predicted octanol–water partition coefficient (Wildman–Crippen LogP) is 4.52. The third-order valence-corrected chi connectivity index (χ3v) is 3.70. The quantitative estimate of drug-likeness (QED) is 0.878. The Morgan fingerprint density at radius 1 is 1.22 bits per heavy atom. The molecule has 94 valence electrons. The second-order valence-electron chi connectivity index (χ2n) is 3.98. The van der Waals surface area contributed by atoms with E-state index in [1.54, 1.807) is 6.07 Å². The van der Waals surface area contributed by atoms with Crippen molar-refractivity contribution in [2.24, 2.45) is 0 Å². The topological polar surface area (TPSA) is 20.2 Å². The monoisotopic (exact) mass is 328 g/mol. The Morgan fingerprint density at radius 3 is 2.61 bits per heavy atom. The molecule has 0 heterocycles. The van der Waals surface area contributed by atoms with Crippen molar-refractivity contribution in [3.05, 3.63) is 68.9 Å². The summed E-state index contributed by atoms with van der Waals surface area (Å²) in [5.41, 5.74) is 1.19. The summed E-state index contributed by atoms with van der Waals surface area (Å²) in [6, 6.07) is 11.8. The van der Waals surface area contributed by atoms with Crippen LogP contribution in [0.4, 0.5) is 4.39 Å². The van der Waals surface area contributed by atoms with Gasteiger partial charge in [0.15, 0.2) is 0 Å². The zero-order valence-electron chi connectivity index (χ0n) is 9.41. The van der Waals surface area contributed by atoms with Gasteiger partial charge in [0.25, 0.3) is 0 Å². The molecule has 1 unspecified atom stereocenters. The summed E-state index contributed by atoms with van der Waals surface area (Å²) in [4.78, 5) is 0. The molecule has 1 atom stereocenters. The number of benzene rings is 2. The maximum atomic E-state index is 13.6. The van der Waals surface area contributed by atoms with Gasteiger partial charge in [-0.3, -0.25) is 0 Å². The van der Waals surface area contributed by atoms with Crippen LogP contribution in [0.3, 0.4) is 0 Å². The minimum atomic E-state index is -0.888. The third-order valence-electron chi connectivity index (χ3n) is 2.69. The maximum absolute atomic E-state index is 13.6. The molecule has 0 aromatic heterocycles. The molecule has 0 radical (unpaired) electrons. The van der Waals surface area contributed by atoms with Crippen molar-refractivity contribution in [3.63, 3.8) is 0 Å². The summed E-state index contributed by atoms with van der Waals surface area (Å²) in [5, 5.41) is 10.4. The van der Waals surface area contributed by atoms with Crippen molar-refractivity contribution in [2.45, 2.75) is 12.5 Å². The van der Waals surface area contributed by atoms with Gasteiger partial charge in [0.05, 0.1) is 6.10 Å². The van der Waals surface area contributed by atoms with E-state index < -0.39 is 11.9 Å². The van der Waals surface area contributed by atoms with Gasteiger partial charge in [-0.2, -0.15) is 0 Å². The van der Waals surface area contributed by atoms with Gasteiger partial charge in [-0.15, -0.1) is 0 Å². The Kier molecular flexibility index (Phi) is 4.38. The van der Waals surface area contributed by atoms with Gasteiger partial charge < -0.3 is 5.11 Å². The highest BCUT2D eigenvalue weighted by atomic mass is 79.9. The first kappa shape index (κ1) is 13.5. The van der Waals surface area contributed by atoms with Gasteiger partial charge in [0, 0.05) is 21.5 Å². The summed E-state index contributed by atoms with van der Waals surface area (Å²) in [6.45, 7) is 0. The van der Waals surface area contributed by atoms with Gasteiger partial charge >= 0.3 is 0 Å². The maximum Gasteiger partial charge on any atom is 0.130 e. The summed E-state index contributed by atoms with van der Waals surface area (Å²) < 4.78 is 14.5. The van der Waals surface area contributed by atoms with Gasteiger partial charge in [-0.25, -0.2) is 4.39 Å². The lowest BCUT2D eigenvalue weighted by atomic mass is 10.0. The smallest absolute Gasteiger partial charge is 0.130 e. The highest BCUT2D eigenvalue weighted by Crippen LogP contribution is 2.26. The highest BCUT2D eigenvalue weighted by Gasteiger charge is 2.14. The molecule has 4 heteroatoms. The Morgan fingerprint density at radius 2 is 1.94 bits per heavy atom. The summed E-state index contributed by atoms with van der Waals surface area (Å²) in [5.74, 6) is -0.484. The van der Waals surface area contributed by atoms with Crippen LogP contribution in [0.2, 0.25) is 5.02 Å². The third kappa shape index (κ3) is 3.10. The molecule has 0 bridgehead atoms. The highest BCUT2D eigenvalue weighted by molar-refractivity contribution is 9.10. The van der Waals surface area contributed by atoms with Crippen molar-refractivity contribution >= 4 is 27.5 Å². The van der Waals surface area contributed by atoms with Crippen LogP contribution < -0.4 is 0 Å². The van der Waals surface area contributed by atoms with Crippen LogP contribution in [0.5, 0.6) is 0 Å². The first-order valence-corrected chi connectivity index (χ1v) is 6.61. The van der Waals surface area contributed by atoms with Crippen LogP contribution in [0.15, 0.2) is 46.9 Å². The van der Waals surface area contributed by atoms with E-state index in [2.05, 4.69) is 15.9 Å². The normalized spacial score (nSPS) is 12.4. The van der Waals surface area contributed by atoms with Crippen molar-refractivity contribution in [3.8, 4) is 0 Å². The van der Waals surface area contributed by atoms with Crippen LogP contribution >= 0.6 is 27.5 Å². The molecule has 2 rings (SSSR count). The molecule has 0 fully saturated rings. The Balaban J connectivity index is 2.22. The second-order valence-corrected chi connectivity index (χ2v) is 5.27. The van der Waals surface area contributed by atoms with E-state index in [-0.39, 0.29) is 5.56 Å². The molecule has 0 aliphatic heterocycles. The molecular formula is C14H11BrClFO. The fourth-order valence-corrected chi connectivity index (χ4v) is 2.36. The van der Waals surface area contributed by atoms with Crippen molar-refractivity contribution in [1.82, 2.24) is 0 Å². The van der Waals surface area contributed by atoms with Crippen molar-refractivity contribution in [1.29, 1.82) is 0 Å². The molecule has 0 amide bonds. The molecule has 0 saturated heterocycles. The molecule has 1 nitrogen and oxygen atoms in total. The van der Waals surface area contributed by atoms with Crippen LogP contribution in [0.25, 0.3) is 0 Å². The van der Waals surface area contributed by atoms with Crippen molar-refractivity contribution < 1.29 is 9.50 Å². The molecule has 1 N–H and O–H groups in total. The predicted molar refractivity (Wildman–Crippen MR) is 74.2 cm³/mol. The first-order chi connectivity index (χ1) is 8.58. The molecule has 0 aliphatic carbocycles. The van der Waals surface area contributed by atoms with E-state index in [0.29, 0.717) is 11.4 Å². The lowest BCUT2D eigenvalue weighted by molar-refractivity contribution is 0.173. The fraction of sp³-hybridized carbons (Fsp3) is 0.143. The Bertz CT molecular complexity index is 559. The van der Waals surface area contributed by atoms with Crippen LogP contribution in [0.1, 0.15) is 17.2 Å². The number of rotatable bonds is 3. The SMILES string of the molecule is OC(Cc1ccccc1Br)c1ccc(Cl)cc1F. The second kappa shape index (κ2) is 5.83. The average Bonchev–Trinajstić information content (AvgIpc) is 2.32. The first-order valence-electron chi connectivity index (χ1n) is 5.44. The van der Waals surface area contributed by atoms with Crippen LogP contribution in [0, 0.1) is 5.82 Å². The van der Waals surface area contributed by atoms with Gasteiger partial charge in [-0.05, 0) is 23.8 Å². The van der Waals surface area contributed by atoms with E-state index in [0.717, 1.165) is 10.0 Å². The minimum Gasteiger partial charge on any atom is -0.388 e. The Labute approximate surface area is 118 Å². The lowest BCUT2D eigenvalue weighted by Gasteiger charge is -2.13. The largest absolute Gasteiger partial charge is 0.388 e. The van der Waals surface area contributed by atoms with Crippen molar-refractivity contribution in [2.75, 3.05) is 0 Å². The molecule has 2 aromatic rings. The number of aliphatic hydroxyl groups excluding tert-OH is 1. The lowest BCUT2D eigenvalue weighted by Crippen LogP contribution is -2.04. The van der Waals surface area contributed by atoms with E-state index >= 15 is 0 Å². The molecule has 0 aliphatic rings. The average molecular weight is 330 g/mol. The Hall–Kier alpha value is -0.900. The van der Waals surface area contributed by atoms with E-state index in [1.807, 2.05) is 24.3 Å². The molecule has 0 saturated carbocycles. The zero-order valence-corrected chi connectivity index (χ0v) is 11.7. The van der Waals surface area contributed by atoms with Crippen LogP contribution in [-0.2, 0) is 6.42 Å². The zero-order chi connectivity index (χ0) is 13.1. The molecule has 0 spiro atoms. The van der Waals surface area contributed by atoms with E-state index in [4.69, 9.17) is 11.6 Å². The summed E-state index contributed by atoms with van der Waals surface area (Å²) in [7, 11) is 0. The molecule has 2 aromatic carbocycles. The fourth-order valence-electron chi connectivity index (χ4n) is 1.75. The van der Waals surface area contributed by atoms with E-state index in [9.17, 15) is 9.50 Å². The van der Waals surface area contributed by atoms with E-state index in [1.165, 1.54) is 12.1 Å². The van der Waals surface area contributed by atoms with Gasteiger partial charge in [-0.1, -0.05) is 51.8 Å². The molecule has 18 heavy (non-hydrogen) atoms. The van der Waals surface area contributed by atoms with Gasteiger partial charge in [0.2, 0.25) is 0 Å². The molecular weight excluding hydrogens is 319 g/mol.